The number of guanidine groups is 1. The number of halogens is 1. The molecule has 1 aromatic rings. The van der Waals surface area contributed by atoms with Gasteiger partial charge in [0.2, 0.25) is 0 Å². The molecule has 1 aliphatic heterocycles. The van der Waals surface area contributed by atoms with Crippen LogP contribution in [-0.4, -0.2) is 43.7 Å². The summed E-state index contributed by atoms with van der Waals surface area (Å²) < 4.78 is 5.64. The van der Waals surface area contributed by atoms with Gasteiger partial charge in [-0.05, 0) is 50.8 Å². The van der Waals surface area contributed by atoms with E-state index in [1.807, 2.05) is 38.1 Å². The molecule has 1 aromatic carbocycles. The topological polar surface area (TPSA) is 74.8 Å². The van der Waals surface area contributed by atoms with Gasteiger partial charge in [-0.1, -0.05) is 19.1 Å². The van der Waals surface area contributed by atoms with Crippen molar-refractivity contribution in [3.05, 3.63) is 35.4 Å². The number of benzene rings is 1. The fourth-order valence-electron chi connectivity index (χ4n) is 2.75. The maximum absolute atomic E-state index is 12.3. The van der Waals surface area contributed by atoms with Crippen LogP contribution in [0.3, 0.4) is 0 Å². The van der Waals surface area contributed by atoms with Gasteiger partial charge in [-0.3, -0.25) is 4.79 Å². The highest BCUT2D eigenvalue weighted by atomic mass is 127. The van der Waals surface area contributed by atoms with Crippen LogP contribution in [0.2, 0.25) is 0 Å². The number of nitrogens with one attached hydrogen (secondary N) is 3. The van der Waals surface area contributed by atoms with Gasteiger partial charge < -0.3 is 20.7 Å². The first-order valence-electron chi connectivity index (χ1n) is 9.66. The zero-order chi connectivity index (χ0) is 18.8. The monoisotopic (exact) mass is 488 g/mol. The van der Waals surface area contributed by atoms with Crippen LogP contribution in [0.25, 0.3) is 0 Å². The van der Waals surface area contributed by atoms with Crippen molar-refractivity contribution in [2.24, 2.45) is 4.99 Å². The quantitative estimate of drug-likeness (QED) is 0.299. The number of ether oxygens (including phenoxy) is 1. The maximum atomic E-state index is 12.3. The molecule has 27 heavy (non-hydrogen) atoms. The van der Waals surface area contributed by atoms with E-state index in [9.17, 15) is 4.79 Å². The van der Waals surface area contributed by atoms with Crippen molar-refractivity contribution in [3.63, 3.8) is 0 Å². The van der Waals surface area contributed by atoms with E-state index in [4.69, 9.17) is 4.74 Å². The second-order valence-electron chi connectivity index (χ2n) is 6.69. The SMILES string of the molecule is CCNC(=NCc1cccc(C(=O)NC(C)CC)c1)NCC1CCCO1.I. The van der Waals surface area contributed by atoms with Crippen LogP contribution < -0.4 is 16.0 Å². The summed E-state index contributed by atoms with van der Waals surface area (Å²) in [6.07, 6.45) is 3.41. The van der Waals surface area contributed by atoms with Crippen LogP contribution in [0.1, 0.15) is 56.0 Å². The molecule has 7 heteroatoms. The Hall–Kier alpha value is -1.35. The van der Waals surface area contributed by atoms with Crippen molar-refractivity contribution in [1.82, 2.24) is 16.0 Å². The van der Waals surface area contributed by atoms with Crippen molar-refractivity contribution in [2.75, 3.05) is 19.7 Å². The first-order valence-corrected chi connectivity index (χ1v) is 9.66. The number of hydrogen-bond acceptors (Lipinski definition) is 3. The van der Waals surface area contributed by atoms with Crippen LogP contribution in [0.4, 0.5) is 0 Å². The summed E-state index contributed by atoms with van der Waals surface area (Å²) in [5.74, 6) is 0.742. The van der Waals surface area contributed by atoms with Gasteiger partial charge in [-0.2, -0.15) is 0 Å². The fourth-order valence-corrected chi connectivity index (χ4v) is 2.75. The third-order valence-corrected chi connectivity index (χ3v) is 4.46. The minimum atomic E-state index is -0.0337. The summed E-state index contributed by atoms with van der Waals surface area (Å²) in [6, 6.07) is 7.82. The normalized spacial score (nSPS) is 17.7. The van der Waals surface area contributed by atoms with Gasteiger partial charge in [0.05, 0.1) is 12.6 Å². The zero-order valence-corrected chi connectivity index (χ0v) is 18.9. The predicted molar refractivity (Wildman–Crippen MR) is 121 cm³/mol. The average molecular weight is 488 g/mol. The number of carbonyl (C=O) groups excluding carboxylic acids is 1. The lowest BCUT2D eigenvalue weighted by molar-refractivity contribution is 0.0939. The summed E-state index contributed by atoms with van der Waals surface area (Å²) in [7, 11) is 0. The molecule has 3 N–H and O–H groups in total. The Balaban J connectivity index is 0.00000364. The van der Waals surface area contributed by atoms with Crippen molar-refractivity contribution >= 4 is 35.8 Å². The molecule has 152 valence electrons. The Kier molecular flexibility index (Phi) is 11.3. The summed E-state index contributed by atoms with van der Waals surface area (Å²) in [5, 5.41) is 9.59. The van der Waals surface area contributed by atoms with Gasteiger partial charge >= 0.3 is 0 Å². The van der Waals surface area contributed by atoms with Crippen molar-refractivity contribution in [3.8, 4) is 0 Å². The number of carbonyl (C=O) groups is 1. The third-order valence-electron chi connectivity index (χ3n) is 4.46. The van der Waals surface area contributed by atoms with Crippen LogP contribution in [0.5, 0.6) is 0 Å². The molecule has 0 aliphatic carbocycles. The number of aliphatic imine (C=N–C) groups is 1. The molecule has 1 aliphatic rings. The molecule has 2 rings (SSSR count). The lowest BCUT2D eigenvalue weighted by Crippen LogP contribution is -2.41. The molecule has 1 saturated heterocycles. The third kappa shape index (κ3) is 8.47. The van der Waals surface area contributed by atoms with Crippen LogP contribution in [-0.2, 0) is 11.3 Å². The molecule has 0 radical (unpaired) electrons. The van der Waals surface area contributed by atoms with E-state index < -0.39 is 0 Å². The Morgan fingerprint density at radius 2 is 2.15 bits per heavy atom. The summed E-state index contributed by atoms with van der Waals surface area (Å²) >= 11 is 0. The van der Waals surface area contributed by atoms with E-state index in [1.165, 1.54) is 0 Å². The lowest BCUT2D eigenvalue weighted by Gasteiger charge is -2.15. The Bertz CT molecular complexity index is 603. The number of hydrogen-bond donors (Lipinski definition) is 3. The molecule has 0 spiro atoms. The number of rotatable bonds is 8. The minimum Gasteiger partial charge on any atom is -0.376 e. The number of nitrogens with zero attached hydrogens (tertiary/aromatic N) is 1. The fraction of sp³-hybridized carbons (Fsp3) is 0.600. The van der Waals surface area contributed by atoms with E-state index in [-0.39, 0.29) is 42.0 Å². The van der Waals surface area contributed by atoms with E-state index in [0.717, 1.165) is 50.5 Å². The highest BCUT2D eigenvalue weighted by molar-refractivity contribution is 14.0. The molecule has 0 saturated carbocycles. The summed E-state index contributed by atoms with van der Waals surface area (Å²) in [4.78, 5) is 16.9. The second-order valence-corrected chi connectivity index (χ2v) is 6.69. The molecule has 2 atom stereocenters. The zero-order valence-electron chi connectivity index (χ0n) is 16.6. The smallest absolute Gasteiger partial charge is 0.251 e. The van der Waals surface area contributed by atoms with E-state index >= 15 is 0 Å². The first-order chi connectivity index (χ1) is 12.6. The molecule has 1 fully saturated rings. The Morgan fingerprint density at radius 3 is 2.81 bits per heavy atom. The maximum Gasteiger partial charge on any atom is 0.251 e. The van der Waals surface area contributed by atoms with Crippen molar-refractivity contribution in [2.45, 2.75) is 58.7 Å². The summed E-state index contributed by atoms with van der Waals surface area (Å²) in [5.41, 5.74) is 1.69. The van der Waals surface area contributed by atoms with Gasteiger partial charge in [0, 0.05) is 31.3 Å². The first kappa shape index (κ1) is 23.7. The standard InChI is InChI=1S/C20H32N4O2.HI/c1-4-15(3)24-19(25)17-9-6-8-16(12-17)13-22-20(21-5-2)23-14-18-10-7-11-26-18;/h6,8-9,12,15,18H,4-5,7,10-11,13-14H2,1-3H3,(H,24,25)(H2,21,22,23);1H. The Morgan fingerprint density at radius 1 is 1.33 bits per heavy atom. The second kappa shape index (κ2) is 12.9. The molecule has 1 heterocycles. The van der Waals surface area contributed by atoms with Gasteiger partial charge in [0.1, 0.15) is 0 Å². The van der Waals surface area contributed by atoms with E-state index in [0.29, 0.717) is 12.1 Å². The molecular weight excluding hydrogens is 455 g/mol. The van der Waals surface area contributed by atoms with Crippen LogP contribution in [0.15, 0.2) is 29.3 Å². The molecule has 2 unspecified atom stereocenters. The van der Waals surface area contributed by atoms with Gasteiger partial charge in [0.25, 0.3) is 5.91 Å². The van der Waals surface area contributed by atoms with Gasteiger partial charge in [-0.25, -0.2) is 4.99 Å². The average Bonchev–Trinajstić information content (AvgIpc) is 3.17. The highest BCUT2D eigenvalue weighted by Crippen LogP contribution is 2.11. The van der Waals surface area contributed by atoms with E-state index in [2.05, 4.69) is 27.9 Å². The van der Waals surface area contributed by atoms with Crippen molar-refractivity contribution < 1.29 is 9.53 Å². The Labute approximate surface area is 179 Å². The number of amides is 1. The van der Waals surface area contributed by atoms with Gasteiger partial charge in [0.15, 0.2) is 5.96 Å². The van der Waals surface area contributed by atoms with Crippen LogP contribution >= 0.6 is 24.0 Å². The molecule has 1 amide bonds. The molecular formula is C20H33IN4O2. The molecule has 0 bridgehead atoms. The summed E-state index contributed by atoms with van der Waals surface area (Å²) in [6.45, 7) is 9.05. The lowest BCUT2D eigenvalue weighted by atomic mass is 10.1. The molecule has 0 aromatic heterocycles. The highest BCUT2D eigenvalue weighted by Gasteiger charge is 2.15. The van der Waals surface area contributed by atoms with Crippen LogP contribution in [0, 0.1) is 0 Å². The largest absolute Gasteiger partial charge is 0.376 e. The van der Waals surface area contributed by atoms with Crippen molar-refractivity contribution in [1.29, 1.82) is 0 Å². The van der Waals surface area contributed by atoms with Gasteiger partial charge in [-0.15, -0.1) is 24.0 Å². The minimum absolute atomic E-state index is 0. The van der Waals surface area contributed by atoms with E-state index in [1.54, 1.807) is 0 Å². The predicted octanol–water partition coefficient (Wildman–Crippen LogP) is 3.07. The molecule has 6 nitrogen and oxygen atoms in total.